The van der Waals surface area contributed by atoms with Gasteiger partial charge in [-0.15, -0.1) is 0 Å². The highest BCUT2D eigenvalue weighted by Crippen LogP contribution is 2.24. The molecule has 0 aromatic heterocycles. The fourth-order valence-corrected chi connectivity index (χ4v) is 3.16. The minimum absolute atomic E-state index is 0.162. The van der Waals surface area contributed by atoms with Gasteiger partial charge in [0, 0.05) is 12.5 Å². The van der Waals surface area contributed by atoms with Gasteiger partial charge in [-0.25, -0.2) is 0 Å². The molecule has 1 aromatic rings. The first-order chi connectivity index (χ1) is 9.60. The summed E-state index contributed by atoms with van der Waals surface area (Å²) in [5.41, 5.74) is 9.57. The Morgan fingerprint density at radius 1 is 1.35 bits per heavy atom. The van der Waals surface area contributed by atoms with Crippen molar-refractivity contribution in [3.05, 3.63) is 34.9 Å². The van der Waals surface area contributed by atoms with Crippen LogP contribution in [0.1, 0.15) is 42.4 Å². The van der Waals surface area contributed by atoms with Crippen LogP contribution in [0.2, 0.25) is 0 Å². The molecule has 1 aromatic carbocycles. The van der Waals surface area contributed by atoms with Crippen molar-refractivity contribution in [1.82, 2.24) is 5.32 Å². The van der Waals surface area contributed by atoms with E-state index < -0.39 is 0 Å². The van der Waals surface area contributed by atoms with Gasteiger partial charge in [0.15, 0.2) is 0 Å². The summed E-state index contributed by atoms with van der Waals surface area (Å²) in [6, 6.07) is 6.72. The summed E-state index contributed by atoms with van der Waals surface area (Å²) in [4.78, 5) is 12.1. The summed E-state index contributed by atoms with van der Waals surface area (Å²) in [7, 11) is 0. The highest BCUT2D eigenvalue weighted by Gasteiger charge is 2.27. The molecule has 2 unspecified atom stereocenters. The van der Waals surface area contributed by atoms with Crippen LogP contribution in [-0.2, 0) is 11.2 Å². The van der Waals surface area contributed by atoms with Crippen LogP contribution >= 0.6 is 0 Å². The Morgan fingerprint density at radius 3 is 2.85 bits per heavy atom. The summed E-state index contributed by atoms with van der Waals surface area (Å²) in [5.74, 6) is 0.635. The third-order valence-corrected chi connectivity index (χ3v) is 4.43. The molecular formula is C17H26N2O. The maximum absolute atomic E-state index is 12.1. The van der Waals surface area contributed by atoms with E-state index in [-0.39, 0.29) is 5.91 Å². The van der Waals surface area contributed by atoms with Crippen LogP contribution in [0, 0.1) is 19.8 Å². The number of nitrogens with two attached hydrogens (primary N) is 1. The second kappa shape index (κ2) is 6.89. The van der Waals surface area contributed by atoms with Gasteiger partial charge in [-0.2, -0.15) is 0 Å². The van der Waals surface area contributed by atoms with Gasteiger partial charge in [0.25, 0.3) is 0 Å². The number of nitrogens with one attached hydrogen (secondary N) is 1. The highest BCUT2D eigenvalue weighted by molar-refractivity contribution is 5.76. The number of hydrogen-bond acceptors (Lipinski definition) is 2. The Morgan fingerprint density at radius 2 is 2.15 bits per heavy atom. The van der Waals surface area contributed by atoms with Crippen LogP contribution in [0.3, 0.4) is 0 Å². The standard InChI is InChI=1S/C17H26N2O/c1-12-6-7-14(13(2)10-12)8-9-17(20)19-16-5-3-4-15(16)11-18/h6-7,10,15-16H,3-5,8-9,11,18H2,1-2H3,(H,19,20). The van der Waals surface area contributed by atoms with E-state index in [1.165, 1.54) is 23.1 Å². The molecule has 110 valence electrons. The average molecular weight is 274 g/mol. The van der Waals surface area contributed by atoms with Crippen molar-refractivity contribution >= 4 is 5.91 Å². The Labute approximate surface area is 121 Å². The van der Waals surface area contributed by atoms with E-state index in [9.17, 15) is 4.79 Å². The van der Waals surface area contributed by atoms with Crippen LogP contribution < -0.4 is 11.1 Å². The largest absolute Gasteiger partial charge is 0.353 e. The molecule has 0 heterocycles. The van der Waals surface area contributed by atoms with E-state index in [1.54, 1.807) is 0 Å². The molecule has 1 aliphatic rings. The number of carbonyl (C=O) groups is 1. The van der Waals surface area contributed by atoms with Gasteiger partial charge in [-0.1, -0.05) is 30.2 Å². The Kier molecular flexibility index (Phi) is 5.18. The fraction of sp³-hybridized carbons (Fsp3) is 0.588. The van der Waals surface area contributed by atoms with Crippen LogP contribution in [0.25, 0.3) is 0 Å². The summed E-state index contributed by atoms with van der Waals surface area (Å²) < 4.78 is 0. The first kappa shape index (κ1) is 15.0. The molecule has 0 spiro atoms. The molecule has 0 aliphatic heterocycles. The van der Waals surface area contributed by atoms with Gasteiger partial charge in [0.05, 0.1) is 0 Å². The molecule has 3 heteroatoms. The first-order valence-electron chi connectivity index (χ1n) is 7.65. The predicted octanol–water partition coefficient (Wildman–Crippen LogP) is 2.48. The molecule has 3 N–H and O–H groups in total. The molecular weight excluding hydrogens is 248 g/mol. The van der Waals surface area contributed by atoms with E-state index in [0.717, 1.165) is 19.3 Å². The van der Waals surface area contributed by atoms with Gasteiger partial charge in [0.1, 0.15) is 0 Å². The normalized spacial score (nSPS) is 21.9. The summed E-state index contributed by atoms with van der Waals surface area (Å²) >= 11 is 0. The third-order valence-electron chi connectivity index (χ3n) is 4.43. The number of hydrogen-bond donors (Lipinski definition) is 2. The highest BCUT2D eigenvalue weighted by atomic mass is 16.1. The molecule has 2 rings (SSSR count). The molecule has 20 heavy (non-hydrogen) atoms. The minimum Gasteiger partial charge on any atom is -0.353 e. The maximum Gasteiger partial charge on any atom is 0.220 e. The summed E-state index contributed by atoms with van der Waals surface area (Å²) in [6.45, 7) is 4.89. The summed E-state index contributed by atoms with van der Waals surface area (Å²) in [5, 5.41) is 3.16. The van der Waals surface area contributed by atoms with Crippen molar-refractivity contribution in [2.45, 2.75) is 52.0 Å². The van der Waals surface area contributed by atoms with Crippen molar-refractivity contribution in [2.24, 2.45) is 11.7 Å². The van der Waals surface area contributed by atoms with Crippen molar-refractivity contribution < 1.29 is 4.79 Å². The lowest BCUT2D eigenvalue weighted by Gasteiger charge is -2.19. The number of aryl methyl sites for hydroxylation is 3. The molecule has 1 amide bonds. The van der Waals surface area contributed by atoms with Crippen molar-refractivity contribution in [1.29, 1.82) is 0 Å². The first-order valence-corrected chi connectivity index (χ1v) is 7.65. The van der Waals surface area contributed by atoms with Gasteiger partial charge in [-0.3, -0.25) is 4.79 Å². The molecule has 1 fully saturated rings. The quantitative estimate of drug-likeness (QED) is 0.866. The van der Waals surface area contributed by atoms with Crippen LogP contribution in [0.15, 0.2) is 18.2 Å². The van der Waals surface area contributed by atoms with E-state index in [1.807, 2.05) is 0 Å². The van der Waals surface area contributed by atoms with Crippen LogP contribution in [-0.4, -0.2) is 18.5 Å². The van der Waals surface area contributed by atoms with Gasteiger partial charge >= 0.3 is 0 Å². The number of amides is 1. The number of carbonyl (C=O) groups excluding carboxylic acids is 1. The van der Waals surface area contributed by atoms with E-state index in [0.29, 0.717) is 24.9 Å². The Bertz CT molecular complexity index is 470. The van der Waals surface area contributed by atoms with E-state index in [2.05, 4.69) is 37.4 Å². The lowest BCUT2D eigenvalue weighted by Crippen LogP contribution is -2.39. The van der Waals surface area contributed by atoms with Gasteiger partial charge in [0.2, 0.25) is 5.91 Å². The lowest BCUT2D eigenvalue weighted by atomic mass is 10.0. The van der Waals surface area contributed by atoms with Crippen LogP contribution in [0.5, 0.6) is 0 Å². The average Bonchev–Trinajstić information content (AvgIpc) is 2.85. The number of rotatable bonds is 5. The summed E-state index contributed by atoms with van der Waals surface area (Å²) in [6.07, 6.45) is 4.80. The SMILES string of the molecule is Cc1ccc(CCC(=O)NC2CCCC2CN)c(C)c1. The molecule has 2 atom stereocenters. The molecule has 0 saturated heterocycles. The molecule has 1 saturated carbocycles. The molecule has 3 nitrogen and oxygen atoms in total. The zero-order chi connectivity index (χ0) is 14.5. The second-order valence-corrected chi connectivity index (χ2v) is 6.03. The zero-order valence-electron chi connectivity index (χ0n) is 12.6. The zero-order valence-corrected chi connectivity index (χ0v) is 12.6. The van der Waals surface area contributed by atoms with Crippen molar-refractivity contribution in [2.75, 3.05) is 6.54 Å². The smallest absolute Gasteiger partial charge is 0.220 e. The Balaban J connectivity index is 1.83. The molecule has 1 aliphatic carbocycles. The van der Waals surface area contributed by atoms with Crippen molar-refractivity contribution in [3.8, 4) is 0 Å². The predicted molar refractivity (Wildman–Crippen MR) is 82.6 cm³/mol. The fourth-order valence-electron chi connectivity index (χ4n) is 3.16. The maximum atomic E-state index is 12.1. The molecule has 0 bridgehead atoms. The Hall–Kier alpha value is -1.35. The third kappa shape index (κ3) is 3.83. The van der Waals surface area contributed by atoms with E-state index >= 15 is 0 Å². The van der Waals surface area contributed by atoms with Crippen molar-refractivity contribution in [3.63, 3.8) is 0 Å². The van der Waals surface area contributed by atoms with Gasteiger partial charge < -0.3 is 11.1 Å². The lowest BCUT2D eigenvalue weighted by molar-refractivity contribution is -0.122. The second-order valence-electron chi connectivity index (χ2n) is 6.03. The van der Waals surface area contributed by atoms with Crippen LogP contribution in [0.4, 0.5) is 0 Å². The van der Waals surface area contributed by atoms with E-state index in [4.69, 9.17) is 5.73 Å². The minimum atomic E-state index is 0.162. The topological polar surface area (TPSA) is 55.1 Å². The number of benzene rings is 1. The van der Waals surface area contributed by atoms with Gasteiger partial charge in [-0.05, 0) is 56.7 Å². The molecule has 0 radical (unpaired) electrons. The monoisotopic (exact) mass is 274 g/mol.